The largest absolute Gasteiger partial charge is 0.476 e. The fourth-order valence-corrected chi connectivity index (χ4v) is 1.81. The van der Waals surface area contributed by atoms with Gasteiger partial charge in [0.1, 0.15) is 17.7 Å². The van der Waals surface area contributed by atoms with E-state index in [0.717, 1.165) is 18.7 Å². The lowest BCUT2D eigenvalue weighted by Crippen LogP contribution is -2.02. The van der Waals surface area contributed by atoms with Gasteiger partial charge < -0.3 is 10.1 Å². The predicted octanol–water partition coefficient (Wildman–Crippen LogP) is 1.95. The van der Waals surface area contributed by atoms with Gasteiger partial charge in [-0.05, 0) is 6.42 Å². The molecule has 2 aromatic rings. The first kappa shape index (κ1) is 11.5. The molecule has 0 aromatic carbocycles. The molecule has 0 spiro atoms. The lowest BCUT2D eigenvalue weighted by Gasteiger charge is -2.04. The molecule has 2 heterocycles. The van der Waals surface area contributed by atoms with Crippen molar-refractivity contribution in [1.29, 1.82) is 0 Å². The van der Waals surface area contributed by atoms with E-state index in [4.69, 9.17) is 5.11 Å². The maximum absolute atomic E-state index is 11.0. The molecule has 0 aliphatic rings. The number of nitrogens with one attached hydrogen (secondary N) is 1. The second kappa shape index (κ2) is 4.48. The van der Waals surface area contributed by atoms with Gasteiger partial charge in [0, 0.05) is 5.92 Å². The average Bonchev–Trinajstić information content (AvgIpc) is 2.72. The Balaban J connectivity index is 2.50. The Morgan fingerprint density at radius 2 is 2.29 bits per heavy atom. The Hall–Kier alpha value is -1.98. The Morgan fingerprint density at radius 1 is 1.53 bits per heavy atom. The highest BCUT2D eigenvalue weighted by Gasteiger charge is 2.17. The zero-order chi connectivity index (χ0) is 12.4. The number of aromatic carboxylic acids is 1. The summed E-state index contributed by atoms with van der Waals surface area (Å²) in [5.74, 6) is -0.0450. The number of aromatic nitrogens is 4. The van der Waals surface area contributed by atoms with Crippen LogP contribution >= 0.6 is 0 Å². The van der Waals surface area contributed by atoms with Crippen molar-refractivity contribution in [1.82, 2.24) is 19.9 Å². The van der Waals surface area contributed by atoms with Crippen molar-refractivity contribution in [3.8, 4) is 0 Å². The van der Waals surface area contributed by atoms with E-state index in [1.165, 1.54) is 6.33 Å². The maximum atomic E-state index is 11.0. The fraction of sp³-hybridized carbons (Fsp3) is 0.455. The van der Waals surface area contributed by atoms with Crippen LogP contribution in [0.1, 0.15) is 48.9 Å². The van der Waals surface area contributed by atoms with Crippen molar-refractivity contribution in [3.05, 3.63) is 17.8 Å². The second-order valence-corrected chi connectivity index (χ2v) is 4.04. The minimum Gasteiger partial charge on any atom is -0.476 e. The predicted molar refractivity (Wildman–Crippen MR) is 62.0 cm³/mol. The highest BCUT2D eigenvalue weighted by atomic mass is 16.4. The minimum atomic E-state index is -1.07. The molecule has 2 N–H and O–H groups in total. The second-order valence-electron chi connectivity index (χ2n) is 4.04. The van der Waals surface area contributed by atoms with E-state index in [1.807, 2.05) is 0 Å². The molecule has 90 valence electrons. The van der Waals surface area contributed by atoms with Gasteiger partial charge in [0.05, 0.1) is 0 Å². The van der Waals surface area contributed by atoms with Crippen LogP contribution in [-0.4, -0.2) is 31.0 Å². The van der Waals surface area contributed by atoms with Crippen LogP contribution in [0.4, 0.5) is 0 Å². The molecule has 0 bridgehead atoms. The van der Waals surface area contributed by atoms with Crippen molar-refractivity contribution in [2.24, 2.45) is 0 Å². The maximum Gasteiger partial charge on any atom is 0.356 e. The van der Waals surface area contributed by atoms with E-state index in [1.54, 1.807) is 0 Å². The zero-order valence-electron chi connectivity index (χ0n) is 9.77. The van der Waals surface area contributed by atoms with E-state index in [2.05, 4.69) is 33.8 Å². The van der Waals surface area contributed by atoms with Crippen LogP contribution in [0.15, 0.2) is 6.33 Å². The molecule has 0 amide bonds. The summed E-state index contributed by atoms with van der Waals surface area (Å²) in [7, 11) is 0. The van der Waals surface area contributed by atoms with Crippen LogP contribution < -0.4 is 0 Å². The van der Waals surface area contributed by atoms with Crippen molar-refractivity contribution in [2.45, 2.75) is 32.6 Å². The summed E-state index contributed by atoms with van der Waals surface area (Å²) in [6.07, 6.45) is 3.27. The number of aromatic amines is 1. The number of carbonyl (C=O) groups is 1. The number of H-pyrrole nitrogens is 1. The molecule has 6 nitrogen and oxygen atoms in total. The molecule has 0 saturated carbocycles. The topological polar surface area (TPSA) is 91.8 Å². The molecule has 0 saturated heterocycles. The summed E-state index contributed by atoms with van der Waals surface area (Å²) in [6.45, 7) is 4.15. The van der Waals surface area contributed by atoms with Crippen LogP contribution in [0, 0.1) is 0 Å². The van der Waals surface area contributed by atoms with Gasteiger partial charge in [-0.3, -0.25) is 0 Å². The van der Waals surface area contributed by atoms with Crippen LogP contribution in [0.3, 0.4) is 0 Å². The molecule has 0 aliphatic carbocycles. The molecule has 0 aliphatic heterocycles. The van der Waals surface area contributed by atoms with Gasteiger partial charge in [0.2, 0.25) is 0 Å². The van der Waals surface area contributed by atoms with Crippen molar-refractivity contribution in [3.63, 3.8) is 0 Å². The van der Waals surface area contributed by atoms with Crippen LogP contribution in [0.25, 0.3) is 11.2 Å². The van der Waals surface area contributed by atoms with E-state index in [9.17, 15) is 4.79 Å². The Labute approximate surface area is 98.1 Å². The molecule has 1 unspecified atom stereocenters. The first-order valence-corrected chi connectivity index (χ1v) is 5.57. The number of imidazole rings is 1. The number of carboxylic acids is 1. The number of nitrogens with zero attached hydrogens (tertiary/aromatic N) is 3. The standard InChI is InChI=1S/C11H14N4O2/c1-3-4-6(2)9-14-7-8(11(16)17)12-5-13-10(7)15-9/h5-6H,3-4H2,1-2H3,(H,16,17)(H,12,13,14,15). The van der Waals surface area contributed by atoms with Crippen molar-refractivity contribution < 1.29 is 9.90 Å². The lowest BCUT2D eigenvalue weighted by molar-refractivity contribution is 0.0692. The fourth-order valence-electron chi connectivity index (χ4n) is 1.81. The summed E-state index contributed by atoms with van der Waals surface area (Å²) in [4.78, 5) is 26.0. The number of rotatable bonds is 4. The molecular weight excluding hydrogens is 220 g/mol. The summed E-state index contributed by atoms with van der Waals surface area (Å²) in [6, 6.07) is 0. The third-order valence-electron chi connectivity index (χ3n) is 2.70. The average molecular weight is 234 g/mol. The summed E-state index contributed by atoms with van der Waals surface area (Å²) < 4.78 is 0. The Bertz CT molecular complexity index is 549. The quantitative estimate of drug-likeness (QED) is 0.843. The number of hydrogen-bond acceptors (Lipinski definition) is 4. The SMILES string of the molecule is CCCC(C)c1nc2ncnc(C(=O)O)c2[nH]1. The van der Waals surface area contributed by atoms with Crippen molar-refractivity contribution >= 4 is 17.1 Å². The lowest BCUT2D eigenvalue weighted by atomic mass is 10.1. The first-order valence-electron chi connectivity index (χ1n) is 5.57. The van der Waals surface area contributed by atoms with E-state index < -0.39 is 5.97 Å². The van der Waals surface area contributed by atoms with Crippen LogP contribution in [0.2, 0.25) is 0 Å². The highest BCUT2D eigenvalue weighted by Crippen LogP contribution is 2.21. The van der Waals surface area contributed by atoms with Gasteiger partial charge in [-0.25, -0.2) is 19.7 Å². The molecular formula is C11H14N4O2. The van der Waals surface area contributed by atoms with Crippen LogP contribution in [-0.2, 0) is 0 Å². The molecule has 2 aromatic heterocycles. The number of hydrogen-bond donors (Lipinski definition) is 2. The first-order chi connectivity index (χ1) is 8.13. The zero-order valence-corrected chi connectivity index (χ0v) is 9.77. The minimum absolute atomic E-state index is 0.0301. The highest BCUT2D eigenvalue weighted by molar-refractivity contribution is 5.97. The van der Waals surface area contributed by atoms with Crippen molar-refractivity contribution in [2.75, 3.05) is 0 Å². The van der Waals surface area contributed by atoms with Crippen LogP contribution in [0.5, 0.6) is 0 Å². The summed E-state index contributed by atoms with van der Waals surface area (Å²) in [5.41, 5.74) is 0.783. The van der Waals surface area contributed by atoms with Gasteiger partial charge in [-0.1, -0.05) is 20.3 Å². The summed E-state index contributed by atoms with van der Waals surface area (Å²) >= 11 is 0. The number of carboxylic acid groups (broad SMARTS) is 1. The molecule has 0 fully saturated rings. The van der Waals surface area contributed by atoms with Gasteiger partial charge in [0.15, 0.2) is 11.3 Å². The molecule has 6 heteroatoms. The normalized spacial score (nSPS) is 12.8. The smallest absolute Gasteiger partial charge is 0.356 e. The van der Waals surface area contributed by atoms with Gasteiger partial charge >= 0.3 is 5.97 Å². The molecule has 1 atom stereocenters. The Morgan fingerprint density at radius 3 is 2.94 bits per heavy atom. The summed E-state index contributed by atoms with van der Waals surface area (Å²) in [5, 5.41) is 9.00. The molecule has 2 rings (SSSR count). The monoisotopic (exact) mass is 234 g/mol. The van der Waals surface area contributed by atoms with Gasteiger partial charge in [-0.2, -0.15) is 0 Å². The Kier molecular flexibility index (Phi) is 3.03. The molecule has 0 radical (unpaired) electrons. The molecule has 17 heavy (non-hydrogen) atoms. The van der Waals surface area contributed by atoms with E-state index in [0.29, 0.717) is 11.2 Å². The third-order valence-corrected chi connectivity index (χ3v) is 2.70. The van der Waals surface area contributed by atoms with Gasteiger partial charge in [-0.15, -0.1) is 0 Å². The van der Waals surface area contributed by atoms with E-state index in [-0.39, 0.29) is 11.6 Å². The van der Waals surface area contributed by atoms with E-state index >= 15 is 0 Å². The third kappa shape index (κ3) is 2.11. The number of fused-ring (bicyclic) bond motifs is 1. The van der Waals surface area contributed by atoms with Gasteiger partial charge in [0.25, 0.3) is 0 Å².